The lowest BCUT2D eigenvalue weighted by Crippen LogP contribution is -2.40. The number of urea groups is 1. The topological polar surface area (TPSA) is 112 Å². The summed E-state index contributed by atoms with van der Waals surface area (Å²) in [6, 6.07) is -2.34. The molecule has 1 unspecified atom stereocenters. The lowest BCUT2D eigenvalue weighted by atomic mass is 9.81. The maximum absolute atomic E-state index is 13.6. The molecule has 3 amide bonds. The van der Waals surface area contributed by atoms with Crippen LogP contribution in [-0.2, 0) is 6.54 Å². The molecule has 4 rings (SSSR count). The van der Waals surface area contributed by atoms with Crippen molar-refractivity contribution in [2.75, 3.05) is 6.54 Å². The largest absolute Gasteiger partial charge is 0.465 e. The fourth-order valence-corrected chi connectivity index (χ4v) is 4.49. The fraction of sp³-hybridized carbons (Fsp3) is 0.579. The molecule has 0 aromatic carbocycles. The van der Waals surface area contributed by atoms with Crippen molar-refractivity contribution in [1.29, 1.82) is 0 Å². The zero-order valence-electron chi connectivity index (χ0n) is 17.4. The molecule has 0 radical (unpaired) electrons. The lowest BCUT2D eigenvalue weighted by molar-refractivity contribution is -0.149. The molecule has 3 N–H and O–H groups in total. The van der Waals surface area contributed by atoms with Crippen molar-refractivity contribution in [3.05, 3.63) is 28.7 Å². The third kappa shape index (κ3) is 5.10. The number of carbonyl (C=O) groups excluding carboxylic acids is 1. The van der Waals surface area contributed by atoms with E-state index in [0.717, 1.165) is 4.90 Å². The van der Waals surface area contributed by atoms with Gasteiger partial charge in [-0.15, -0.1) is 0 Å². The summed E-state index contributed by atoms with van der Waals surface area (Å²) < 4.78 is 67.2. The molecule has 15 heteroatoms. The summed E-state index contributed by atoms with van der Waals surface area (Å²) in [6.07, 6.45) is -5.07. The first-order valence-corrected chi connectivity index (χ1v) is 10.7. The van der Waals surface area contributed by atoms with E-state index < -0.39 is 48.8 Å². The molecule has 9 nitrogen and oxygen atoms in total. The Morgan fingerprint density at radius 3 is 2.62 bits per heavy atom. The van der Waals surface area contributed by atoms with Gasteiger partial charge in [-0.1, -0.05) is 11.6 Å². The van der Waals surface area contributed by atoms with Crippen LogP contribution in [-0.4, -0.2) is 61.4 Å². The van der Waals surface area contributed by atoms with E-state index in [1.54, 1.807) is 0 Å². The summed E-state index contributed by atoms with van der Waals surface area (Å²) in [6.45, 7) is -0.849. The first-order chi connectivity index (χ1) is 15.8. The first kappa shape index (κ1) is 24.2. The van der Waals surface area contributed by atoms with E-state index in [2.05, 4.69) is 15.4 Å². The fourth-order valence-electron chi connectivity index (χ4n) is 4.30. The average Bonchev–Trinajstić information content (AvgIpc) is 3.29. The zero-order valence-corrected chi connectivity index (χ0v) is 18.2. The summed E-state index contributed by atoms with van der Waals surface area (Å²) in [5.41, 5.74) is 0.693. The molecule has 2 aliphatic rings. The molecule has 3 heterocycles. The number of carbonyl (C=O) groups is 2. The molecule has 186 valence electrons. The highest BCUT2D eigenvalue weighted by molar-refractivity contribution is 6.30. The molecule has 34 heavy (non-hydrogen) atoms. The Labute approximate surface area is 194 Å². The predicted octanol–water partition coefficient (Wildman–Crippen LogP) is 3.97. The van der Waals surface area contributed by atoms with Crippen LogP contribution in [0.15, 0.2) is 12.3 Å². The molecule has 1 saturated carbocycles. The number of nitrogens with zero attached hydrogens (tertiary/aromatic N) is 4. The quantitative estimate of drug-likeness (QED) is 0.527. The number of alkyl halides is 5. The van der Waals surface area contributed by atoms with Crippen LogP contribution >= 0.6 is 11.6 Å². The minimum absolute atomic E-state index is 0.0836. The number of hydrogen-bond donors (Lipinski definition) is 3. The molecule has 0 bridgehead atoms. The normalized spacial score (nSPS) is 22.1. The van der Waals surface area contributed by atoms with Gasteiger partial charge in [0.1, 0.15) is 6.04 Å². The molecule has 2 aromatic heterocycles. The lowest BCUT2D eigenvalue weighted by Gasteiger charge is -2.32. The monoisotopic (exact) mass is 510 g/mol. The second-order valence-electron chi connectivity index (χ2n) is 8.47. The second kappa shape index (κ2) is 8.71. The number of hydrogen-bond acceptors (Lipinski definition) is 4. The Kier molecular flexibility index (Phi) is 6.21. The molecule has 2 fully saturated rings. The third-order valence-electron chi connectivity index (χ3n) is 6.07. The van der Waals surface area contributed by atoms with Crippen LogP contribution in [0.5, 0.6) is 0 Å². The van der Waals surface area contributed by atoms with Crippen LogP contribution < -0.4 is 10.6 Å². The van der Waals surface area contributed by atoms with Crippen molar-refractivity contribution in [2.24, 2.45) is 5.92 Å². The van der Waals surface area contributed by atoms with Gasteiger partial charge in [0.2, 0.25) is 5.92 Å². The number of carboxylic acid groups (broad SMARTS) is 1. The van der Waals surface area contributed by atoms with Crippen molar-refractivity contribution >= 4 is 29.4 Å². The SMILES string of the molecule is O=C(O)NC(c1cn2nc(Cl)c(CN3C[C@@H](C(F)(F)F)NC3=O)cc2n1)C1CCC(F)(F)CC1. The molecule has 1 aliphatic carbocycles. The van der Waals surface area contributed by atoms with E-state index in [-0.39, 0.29) is 54.3 Å². The van der Waals surface area contributed by atoms with Gasteiger partial charge in [-0.3, -0.25) is 0 Å². The summed E-state index contributed by atoms with van der Waals surface area (Å²) in [7, 11) is 0. The van der Waals surface area contributed by atoms with E-state index in [4.69, 9.17) is 11.6 Å². The van der Waals surface area contributed by atoms with Gasteiger partial charge in [0.05, 0.1) is 31.0 Å². The van der Waals surface area contributed by atoms with E-state index in [9.17, 15) is 36.6 Å². The molecule has 1 aliphatic heterocycles. The Bertz CT molecular complexity index is 1100. The predicted molar refractivity (Wildman–Crippen MR) is 108 cm³/mol. The van der Waals surface area contributed by atoms with Gasteiger partial charge in [0.25, 0.3) is 0 Å². The summed E-state index contributed by atoms with van der Waals surface area (Å²) >= 11 is 6.18. The highest BCUT2D eigenvalue weighted by Crippen LogP contribution is 2.41. The van der Waals surface area contributed by atoms with Crippen molar-refractivity contribution in [1.82, 2.24) is 30.1 Å². The van der Waals surface area contributed by atoms with E-state index in [0.29, 0.717) is 0 Å². The van der Waals surface area contributed by atoms with Crippen LogP contribution in [0.4, 0.5) is 31.5 Å². The van der Waals surface area contributed by atoms with Crippen LogP contribution in [0.1, 0.15) is 43.0 Å². The summed E-state index contributed by atoms with van der Waals surface area (Å²) in [4.78, 5) is 28.6. The summed E-state index contributed by atoms with van der Waals surface area (Å²) in [5, 5.41) is 17.5. The van der Waals surface area contributed by atoms with Gasteiger partial charge in [0.15, 0.2) is 10.8 Å². The number of aromatic nitrogens is 3. The van der Waals surface area contributed by atoms with Gasteiger partial charge >= 0.3 is 18.3 Å². The van der Waals surface area contributed by atoms with Gasteiger partial charge < -0.3 is 20.6 Å². The van der Waals surface area contributed by atoms with Gasteiger partial charge in [-0.05, 0) is 24.8 Å². The van der Waals surface area contributed by atoms with Crippen LogP contribution in [0, 0.1) is 5.92 Å². The minimum atomic E-state index is -4.59. The number of nitrogens with one attached hydrogen (secondary N) is 2. The highest BCUT2D eigenvalue weighted by Gasteiger charge is 2.47. The Morgan fingerprint density at radius 1 is 1.35 bits per heavy atom. The van der Waals surface area contributed by atoms with E-state index in [1.165, 1.54) is 16.8 Å². The summed E-state index contributed by atoms with van der Waals surface area (Å²) in [5.74, 6) is -3.21. The van der Waals surface area contributed by atoms with Crippen molar-refractivity contribution in [2.45, 2.75) is 56.4 Å². The maximum atomic E-state index is 13.6. The van der Waals surface area contributed by atoms with Crippen molar-refractivity contribution < 1.29 is 36.6 Å². The van der Waals surface area contributed by atoms with Gasteiger partial charge in [0, 0.05) is 18.4 Å². The van der Waals surface area contributed by atoms with Crippen LogP contribution in [0.25, 0.3) is 5.65 Å². The Morgan fingerprint density at radius 2 is 2.03 bits per heavy atom. The molecular weight excluding hydrogens is 491 g/mol. The second-order valence-corrected chi connectivity index (χ2v) is 8.83. The minimum Gasteiger partial charge on any atom is -0.465 e. The van der Waals surface area contributed by atoms with Crippen molar-refractivity contribution in [3.8, 4) is 0 Å². The first-order valence-electron chi connectivity index (χ1n) is 10.4. The number of imidazole rings is 1. The van der Waals surface area contributed by atoms with Crippen molar-refractivity contribution in [3.63, 3.8) is 0 Å². The number of halogens is 6. The Balaban J connectivity index is 1.57. The number of rotatable bonds is 5. The zero-order chi connectivity index (χ0) is 24.8. The Hall–Kier alpha value is -2.90. The van der Waals surface area contributed by atoms with Gasteiger partial charge in [-0.25, -0.2) is 27.9 Å². The van der Waals surface area contributed by atoms with E-state index in [1.807, 2.05) is 5.32 Å². The molecule has 0 spiro atoms. The molecular formula is C19H20ClF5N6O3. The number of amides is 3. The number of fused-ring (bicyclic) bond motifs is 1. The maximum Gasteiger partial charge on any atom is 0.410 e. The third-order valence-corrected chi connectivity index (χ3v) is 6.39. The van der Waals surface area contributed by atoms with Crippen LogP contribution in [0.3, 0.4) is 0 Å². The van der Waals surface area contributed by atoms with E-state index >= 15 is 0 Å². The molecule has 1 saturated heterocycles. The average molecular weight is 511 g/mol. The van der Waals surface area contributed by atoms with Gasteiger partial charge in [-0.2, -0.15) is 18.3 Å². The molecule has 2 atom stereocenters. The molecule has 2 aromatic rings. The standard InChI is InChI=1S/C19H20ClF5N6O3/c20-15-10(6-30-8-12(19(23,24)25)27-16(30)32)5-13-26-11(7-31(13)29-15)14(28-17(33)34)9-1-3-18(21,22)4-2-9/h5,7,9,12,14,28H,1-4,6,8H2,(H,27,32)(H,33,34)/t12-,14?/m0/s1. The van der Waals surface area contributed by atoms with Crippen LogP contribution in [0.2, 0.25) is 5.15 Å². The highest BCUT2D eigenvalue weighted by atomic mass is 35.5. The smallest absolute Gasteiger partial charge is 0.410 e.